The van der Waals surface area contributed by atoms with E-state index in [2.05, 4.69) is 5.32 Å². The highest BCUT2D eigenvalue weighted by Gasteiger charge is 2.34. The lowest BCUT2D eigenvalue weighted by Crippen LogP contribution is -2.41. The number of Topliss-reactive ketones (excluding diaryl/α,β-unsaturated/α-hetero) is 1. The van der Waals surface area contributed by atoms with Gasteiger partial charge in [0.15, 0.2) is 0 Å². The van der Waals surface area contributed by atoms with Crippen LogP contribution in [0.4, 0.5) is 0 Å². The predicted octanol–water partition coefficient (Wildman–Crippen LogP) is 1.79. The number of carbonyl (C=O) groups excluding carboxylic acids is 2. The van der Waals surface area contributed by atoms with E-state index in [0.717, 1.165) is 50.2 Å². The average molecular weight is 375 g/mol. The topological polar surface area (TPSA) is 124 Å². The van der Waals surface area contributed by atoms with Crippen molar-refractivity contribution in [2.24, 2.45) is 11.8 Å². The first kappa shape index (κ1) is 19.4. The van der Waals surface area contributed by atoms with Crippen LogP contribution in [0.5, 0.6) is 0 Å². The Hall–Kier alpha value is -2.41. The number of fused-ring (bicyclic) bond motifs is 1. The van der Waals surface area contributed by atoms with Gasteiger partial charge in [0, 0.05) is 6.08 Å². The molecule has 27 heavy (non-hydrogen) atoms. The molecule has 0 radical (unpaired) electrons. The van der Waals surface area contributed by atoms with Crippen molar-refractivity contribution in [1.82, 2.24) is 5.32 Å². The van der Waals surface area contributed by atoms with Gasteiger partial charge in [0.25, 0.3) is 0 Å². The summed E-state index contributed by atoms with van der Waals surface area (Å²) in [4.78, 5) is 35.7. The van der Waals surface area contributed by atoms with Crippen LogP contribution in [-0.4, -0.2) is 45.5 Å². The van der Waals surface area contributed by atoms with Gasteiger partial charge in [0.05, 0.1) is 17.9 Å². The number of rotatable bonds is 5. The van der Waals surface area contributed by atoms with Gasteiger partial charge in [-0.25, -0.2) is 4.79 Å². The highest BCUT2D eigenvalue weighted by atomic mass is 16.4. The highest BCUT2D eigenvalue weighted by molar-refractivity contribution is 6.49. The Morgan fingerprint density at radius 3 is 2.63 bits per heavy atom. The zero-order valence-electron chi connectivity index (χ0n) is 15.1. The summed E-state index contributed by atoms with van der Waals surface area (Å²) in [7, 11) is 0. The molecule has 146 valence electrons. The van der Waals surface area contributed by atoms with Gasteiger partial charge >= 0.3 is 5.97 Å². The van der Waals surface area contributed by atoms with E-state index in [1.54, 1.807) is 6.08 Å². The minimum atomic E-state index is -1.39. The zero-order valence-corrected chi connectivity index (χ0v) is 15.1. The largest absolute Gasteiger partial charge is 0.506 e. The van der Waals surface area contributed by atoms with Crippen LogP contribution in [0.3, 0.4) is 0 Å². The van der Waals surface area contributed by atoms with E-state index in [-0.39, 0.29) is 11.3 Å². The Morgan fingerprint density at radius 2 is 1.93 bits per heavy atom. The van der Waals surface area contributed by atoms with Crippen molar-refractivity contribution in [2.75, 3.05) is 6.61 Å². The molecule has 2 unspecified atom stereocenters. The van der Waals surface area contributed by atoms with E-state index in [1.807, 2.05) is 0 Å². The molecular formula is C20H25NO6. The molecule has 2 fully saturated rings. The summed E-state index contributed by atoms with van der Waals surface area (Å²) in [5.41, 5.74) is 0.972. The Morgan fingerprint density at radius 1 is 1.22 bits per heavy atom. The number of aliphatic hydroxyl groups excluding tert-OH is 2. The summed E-state index contributed by atoms with van der Waals surface area (Å²) < 4.78 is 0. The maximum atomic E-state index is 12.5. The molecule has 3 atom stereocenters. The SMILES string of the molecule is O=C1C=C(O)C(N[C@@H](CO)C(=O)O)=C(/C=C2\CCCC3CCCCC23)C1=O. The summed E-state index contributed by atoms with van der Waals surface area (Å²) in [5.74, 6) is -2.47. The van der Waals surface area contributed by atoms with Crippen molar-refractivity contribution in [1.29, 1.82) is 0 Å². The summed E-state index contributed by atoms with van der Waals surface area (Å²) in [6.07, 6.45) is 10.0. The summed E-state index contributed by atoms with van der Waals surface area (Å²) in [6, 6.07) is -1.39. The van der Waals surface area contributed by atoms with Crippen molar-refractivity contribution >= 4 is 17.5 Å². The van der Waals surface area contributed by atoms with Crippen molar-refractivity contribution in [3.8, 4) is 0 Å². The van der Waals surface area contributed by atoms with Crippen LogP contribution in [0.15, 0.2) is 34.8 Å². The highest BCUT2D eigenvalue weighted by Crippen LogP contribution is 2.44. The Bertz CT molecular complexity index is 746. The summed E-state index contributed by atoms with van der Waals surface area (Å²) >= 11 is 0. The van der Waals surface area contributed by atoms with Crippen LogP contribution < -0.4 is 5.32 Å². The third-order valence-corrected chi connectivity index (χ3v) is 5.82. The fraction of sp³-hybridized carbons (Fsp3) is 0.550. The first-order chi connectivity index (χ1) is 12.9. The molecular weight excluding hydrogens is 350 g/mol. The maximum absolute atomic E-state index is 12.5. The van der Waals surface area contributed by atoms with Crippen molar-refractivity contribution in [3.05, 3.63) is 34.8 Å². The van der Waals surface area contributed by atoms with Crippen molar-refractivity contribution in [2.45, 2.75) is 51.0 Å². The summed E-state index contributed by atoms with van der Waals surface area (Å²) in [6.45, 7) is -0.719. The molecule has 0 aromatic carbocycles. The molecule has 7 heteroatoms. The minimum Gasteiger partial charge on any atom is -0.506 e. The second-order valence-electron chi connectivity index (χ2n) is 7.49. The molecule has 2 saturated carbocycles. The van der Waals surface area contributed by atoms with E-state index in [9.17, 15) is 24.6 Å². The lowest BCUT2D eigenvalue weighted by atomic mass is 9.68. The fourth-order valence-corrected chi connectivity index (χ4v) is 4.45. The molecule has 0 amide bonds. The Labute approximate surface area is 157 Å². The molecule has 3 aliphatic rings. The third-order valence-electron chi connectivity index (χ3n) is 5.82. The Kier molecular flexibility index (Phi) is 5.79. The van der Waals surface area contributed by atoms with Gasteiger partial charge in [-0.15, -0.1) is 0 Å². The number of carbonyl (C=O) groups is 3. The molecule has 0 aromatic heterocycles. The Balaban J connectivity index is 2.01. The first-order valence-corrected chi connectivity index (χ1v) is 9.47. The molecule has 3 aliphatic carbocycles. The average Bonchev–Trinajstić information content (AvgIpc) is 2.65. The number of ketones is 2. The first-order valence-electron chi connectivity index (χ1n) is 9.47. The van der Waals surface area contributed by atoms with Gasteiger partial charge < -0.3 is 20.6 Å². The van der Waals surface area contributed by atoms with Gasteiger partial charge in [-0.3, -0.25) is 9.59 Å². The monoisotopic (exact) mass is 375 g/mol. The van der Waals surface area contributed by atoms with Crippen LogP contribution in [0.1, 0.15) is 44.9 Å². The quantitative estimate of drug-likeness (QED) is 0.426. The number of allylic oxidation sites excluding steroid dienone is 4. The van der Waals surface area contributed by atoms with Gasteiger partial charge in [0.1, 0.15) is 11.8 Å². The van der Waals surface area contributed by atoms with Crippen LogP contribution in [0, 0.1) is 11.8 Å². The predicted molar refractivity (Wildman–Crippen MR) is 96.8 cm³/mol. The molecule has 7 nitrogen and oxygen atoms in total. The van der Waals surface area contributed by atoms with E-state index in [0.29, 0.717) is 11.8 Å². The number of carboxylic acids is 1. The van der Waals surface area contributed by atoms with E-state index >= 15 is 0 Å². The number of aliphatic carboxylic acids is 1. The second kappa shape index (κ2) is 8.08. The van der Waals surface area contributed by atoms with E-state index in [1.165, 1.54) is 6.42 Å². The maximum Gasteiger partial charge on any atom is 0.328 e. The van der Waals surface area contributed by atoms with Crippen LogP contribution in [0.25, 0.3) is 0 Å². The van der Waals surface area contributed by atoms with Gasteiger partial charge in [-0.05, 0) is 50.0 Å². The molecule has 0 bridgehead atoms. The molecule has 0 aromatic rings. The lowest BCUT2D eigenvalue weighted by Gasteiger charge is -2.38. The van der Waals surface area contributed by atoms with Crippen LogP contribution in [0.2, 0.25) is 0 Å². The third kappa shape index (κ3) is 3.98. The van der Waals surface area contributed by atoms with Gasteiger partial charge in [-0.2, -0.15) is 0 Å². The zero-order chi connectivity index (χ0) is 19.6. The van der Waals surface area contributed by atoms with Crippen LogP contribution in [-0.2, 0) is 14.4 Å². The van der Waals surface area contributed by atoms with E-state index in [4.69, 9.17) is 5.11 Å². The smallest absolute Gasteiger partial charge is 0.328 e. The summed E-state index contributed by atoms with van der Waals surface area (Å²) in [5, 5.41) is 31.1. The molecule has 0 heterocycles. The number of nitrogens with one attached hydrogen (secondary N) is 1. The van der Waals surface area contributed by atoms with Gasteiger partial charge in [0.2, 0.25) is 11.6 Å². The number of hydrogen-bond donors (Lipinski definition) is 4. The molecule has 4 N–H and O–H groups in total. The molecule has 0 aliphatic heterocycles. The normalized spacial score (nSPS) is 28.6. The minimum absolute atomic E-state index is 0.0130. The number of aliphatic hydroxyl groups is 2. The lowest BCUT2D eigenvalue weighted by molar-refractivity contribution is -0.140. The molecule has 0 saturated heterocycles. The van der Waals surface area contributed by atoms with Gasteiger partial charge in [-0.1, -0.05) is 18.4 Å². The number of hydrogen-bond acceptors (Lipinski definition) is 6. The van der Waals surface area contributed by atoms with E-state index < -0.39 is 35.9 Å². The van der Waals surface area contributed by atoms with Crippen LogP contribution >= 0.6 is 0 Å². The number of carboxylic acid groups (broad SMARTS) is 1. The standard InChI is InChI=1S/C20H25NO6/c22-10-15(20(26)27)21-18-14(19(25)17(24)9-16(18)23)8-12-6-3-5-11-4-1-2-7-13(11)12/h8-9,11,13,15,21-23H,1-7,10H2,(H,26,27)/b12-8+/t11?,13?,15-/m0/s1. The molecule has 3 rings (SSSR count). The van der Waals surface area contributed by atoms with Crippen molar-refractivity contribution in [3.63, 3.8) is 0 Å². The second-order valence-corrected chi connectivity index (χ2v) is 7.49. The van der Waals surface area contributed by atoms with Crippen molar-refractivity contribution < 1.29 is 29.7 Å². The molecule has 0 spiro atoms. The fourth-order valence-electron chi connectivity index (χ4n) is 4.45.